The molecule has 0 aromatic heterocycles. The first-order valence-corrected chi connectivity index (χ1v) is 6.50. The van der Waals surface area contributed by atoms with Gasteiger partial charge in [-0.3, -0.25) is 0 Å². The second-order valence-corrected chi connectivity index (χ2v) is 5.34. The predicted octanol–water partition coefficient (Wildman–Crippen LogP) is 3.09. The van der Waals surface area contributed by atoms with Gasteiger partial charge in [-0.05, 0) is 36.1 Å². The molecule has 1 aromatic carbocycles. The van der Waals surface area contributed by atoms with Gasteiger partial charge in [0.2, 0.25) is 0 Å². The van der Waals surface area contributed by atoms with Gasteiger partial charge in [0, 0.05) is 12.4 Å². The van der Waals surface area contributed by atoms with Crippen LogP contribution < -0.4 is 10.1 Å². The predicted molar refractivity (Wildman–Crippen MR) is 74.1 cm³/mol. The van der Waals surface area contributed by atoms with Gasteiger partial charge in [0.25, 0.3) is 0 Å². The van der Waals surface area contributed by atoms with Crippen molar-refractivity contribution in [2.45, 2.75) is 20.3 Å². The van der Waals surface area contributed by atoms with Crippen molar-refractivity contribution in [3.8, 4) is 5.75 Å². The number of hydrogen-bond donors (Lipinski definition) is 1. The van der Waals surface area contributed by atoms with Crippen LogP contribution in [0.15, 0.2) is 24.3 Å². The Labute approximate surface area is 109 Å². The monoisotopic (exact) mass is 255 g/mol. The highest BCUT2D eigenvalue weighted by Crippen LogP contribution is 2.15. The molecule has 0 saturated heterocycles. The maximum Gasteiger partial charge on any atom is 0.118 e. The lowest BCUT2D eigenvalue weighted by Gasteiger charge is -2.21. The summed E-state index contributed by atoms with van der Waals surface area (Å²) in [5.41, 5.74) is 1.49. The highest BCUT2D eigenvalue weighted by atomic mass is 35.5. The third kappa shape index (κ3) is 5.42. The van der Waals surface area contributed by atoms with Gasteiger partial charge in [-0.15, -0.1) is 11.6 Å². The first-order valence-electron chi connectivity index (χ1n) is 5.97. The second kappa shape index (κ2) is 6.87. The van der Waals surface area contributed by atoms with Crippen LogP contribution in [0.4, 0.5) is 0 Å². The summed E-state index contributed by atoms with van der Waals surface area (Å²) in [7, 11) is 1.69. The van der Waals surface area contributed by atoms with E-state index in [1.807, 2.05) is 12.1 Å². The van der Waals surface area contributed by atoms with Crippen LogP contribution in [0.3, 0.4) is 0 Å². The van der Waals surface area contributed by atoms with Crippen LogP contribution in [-0.2, 0) is 6.42 Å². The topological polar surface area (TPSA) is 21.3 Å². The summed E-state index contributed by atoms with van der Waals surface area (Å²) in [6, 6.07) is 8.20. The normalized spacial score (nSPS) is 11.5. The molecule has 17 heavy (non-hydrogen) atoms. The highest BCUT2D eigenvalue weighted by Gasteiger charge is 2.14. The summed E-state index contributed by atoms with van der Waals surface area (Å²) in [5.74, 6) is 1.59. The van der Waals surface area contributed by atoms with Crippen LogP contribution in [0, 0.1) is 5.41 Å². The number of ether oxygens (including phenoxy) is 1. The Morgan fingerprint density at radius 1 is 1.24 bits per heavy atom. The second-order valence-electron chi connectivity index (χ2n) is 5.07. The van der Waals surface area contributed by atoms with E-state index in [9.17, 15) is 0 Å². The molecule has 0 saturated carbocycles. The van der Waals surface area contributed by atoms with Crippen LogP contribution in [0.1, 0.15) is 19.4 Å². The Kier molecular flexibility index (Phi) is 5.79. The van der Waals surface area contributed by atoms with E-state index in [1.165, 1.54) is 5.56 Å². The van der Waals surface area contributed by atoms with Crippen molar-refractivity contribution in [2.24, 2.45) is 5.41 Å². The minimum atomic E-state index is 0.168. The first kappa shape index (κ1) is 14.3. The molecule has 2 nitrogen and oxygen atoms in total. The molecule has 3 heteroatoms. The lowest BCUT2D eigenvalue weighted by molar-refractivity contribution is 0.387. The fourth-order valence-electron chi connectivity index (χ4n) is 1.50. The molecule has 0 spiro atoms. The average molecular weight is 256 g/mol. The maximum atomic E-state index is 5.87. The van der Waals surface area contributed by atoms with Gasteiger partial charge < -0.3 is 10.1 Å². The SMILES string of the molecule is COc1ccc(CCNCC(C)(C)CCl)cc1. The zero-order valence-corrected chi connectivity index (χ0v) is 11.7. The fourth-order valence-corrected chi connectivity index (χ4v) is 1.59. The van der Waals surface area contributed by atoms with E-state index in [2.05, 4.69) is 31.3 Å². The first-order chi connectivity index (χ1) is 8.07. The Bertz CT molecular complexity index is 321. The van der Waals surface area contributed by atoms with Gasteiger partial charge in [0.1, 0.15) is 5.75 Å². The summed E-state index contributed by atoms with van der Waals surface area (Å²) < 4.78 is 5.12. The highest BCUT2D eigenvalue weighted by molar-refractivity contribution is 6.18. The van der Waals surface area contributed by atoms with Crippen LogP contribution in [0.2, 0.25) is 0 Å². The van der Waals surface area contributed by atoms with Gasteiger partial charge in [-0.1, -0.05) is 26.0 Å². The summed E-state index contributed by atoms with van der Waals surface area (Å²) in [5, 5.41) is 3.44. The molecule has 96 valence electrons. The van der Waals surface area contributed by atoms with E-state index < -0.39 is 0 Å². The third-order valence-corrected chi connectivity index (χ3v) is 3.44. The van der Waals surface area contributed by atoms with Gasteiger partial charge in [-0.25, -0.2) is 0 Å². The molecule has 1 aromatic rings. The summed E-state index contributed by atoms with van der Waals surface area (Å²) >= 11 is 5.87. The average Bonchev–Trinajstić information content (AvgIpc) is 2.35. The van der Waals surface area contributed by atoms with Crippen molar-refractivity contribution < 1.29 is 4.74 Å². The molecular weight excluding hydrogens is 234 g/mol. The Balaban J connectivity index is 2.26. The quantitative estimate of drug-likeness (QED) is 0.597. The van der Waals surface area contributed by atoms with Crippen molar-refractivity contribution >= 4 is 11.6 Å². The van der Waals surface area contributed by atoms with E-state index >= 15 is 0 Å². The minimum absolute atomic E-state index is 0.168. The number of methoxy groups -OCH3 is 1. The molecule has 0 aliphatic rings. The van der Waals surface area contributed by atoms with Crippen molar-refractivity contribution in [3.05, 3.63) is 29.8 Å². The van der Waals surface area contributed by atoms with Crippen molar-refractivity contribution in [2.75, 3.05) is 26.1 Å². The molecule has 0 aliphatic carbocycles. The summed E-state index contributed by atoms with van der Waals surface area (Å²) in [6.07, 6.45) is 1.03. The van der Waals surface area contributed by atoms with Crippen LogP contribution in [0.25, 0.3) is 0 Å². The largest absolute Gasteiger partial charge is 0.497 e. The van der Waals surface area contributed by atoms with Crippen molar-refractivity contribution in [1.82, 2.24) is 5.32 Å². The van der Waals surface area contributed by atoms with E-state index in [1.54, 1.807) is 7.11 Å². The number of rotatable bonds is 7. The molecule has 0 bridgehead atoms. The lowest BCUT2D eigenvalue weighted by Crippen LogP contribution is -2.31. The Morgan fingerprint density at radius 2 is 1.88 bits per heavy atom. The van der Waals surface area contributed by atoms with Crippen molar-refractivity contribution in [1.29, 1.82) is 0 Å². The standard InChI is InChI=1S/C14H22ClNO/c1-14(2,10-15)11-16-9-8-12-4-6-13(17-3)7-5-12/h4-7,16H,8-11H2,1-3H3. The van der Waals surface area contributed by atoms with E-state index in [0.717, 1.165) is 25.3 Å². The van der Waals surface area contributed by atoms with Crippen molar-refractivity contribution in [3.63, 3.8) is 0 Å². The van der Waals surface area contributed by atoms with Crippen LogP contribution in [-0.4, -0.2) is 26.1 Å². The van der Waals surface area contributed by atoms with Crippen LogP contribution in [0.5, 0.6) is 5.75 Å². The molecule has 0 heterocycles. The molecule has 0 aliphatic heterocycles. The smallest absolute Gasteiger partial charge is 0.118 e. The van der Waals surface area contributed by atoms with E-state index in [4.69, 9.17) is 16.3 Å². The molecule has 0 fully saturated rings. The Hall–Kier alpha value is -0.730. The summed E-state index contributed by atoms with van der Waals surface area (Å²) in [4.78, 5) is 0. The lowest BCUT2D eigenvalue weighted by atomic mass is 9.96. The minimum Gasteiger partial charge on any atom is -0.497 e. The maximum absolute atomic E-state index is 5.87. The number of hydrogen-bond acceptors (Lipinski definition) is 2. The van der Waals surface area contributed by atoms with Gasteiger partial charge in [-0.2, -0.15) is 0 Å². The zero-order chi connectivity index (χ0) is 12.7. The molecule has 1 N–H and O–H groups in total. The van der Waals surface area contributed by atoms with Gasteiger partial charge in [0.05, 0.1) is 7.11 Å². The third-order valence-electron chi connectivity index (χ3n) is 2.71. The molecule has 0 amide bonds. The molecule has 0 unspecified atom stereocenters. The van der Waals surface area contributed by atoms with Gasteiger partial charge in [0.15, 0.2) is 0 Å². The van der Waals surface area contributed by atoms with E-state index in [-0.39, 0.29) is 5.41 Å². The zero-order valence-electron chi connectivity index (χ0n) is 10.9. The number of halogens is 1. The van der Waals surface area contributed by atoms with E-state index in [0.29, 0.717) is 5.88 Å². The van der Waals surface area contributed by atoms with Crippen LogP contribution >= 0.6 is 11.6 Å². The molecule has 1 rings (SSSR count). The molecule has 0 radical (unpaired) electrons. The molecule has 0 atom stereocenters. The van der Waals surface area contributed by atoms with Gasteiger partial charge >= 0.3 is 0 Å². The summed E-state index contributed by atoms with van der Waals surface area (Å²) in [6.45, 7) is 6.26. The number of benzene rings is 1. The number of nitrogens with one attached hydrogen (secondary N) is 1. The fraction of sp³-hybridized carbons (Fsp3) is 0.571. The number of alkyl halides is 1. The Morgan fingerprint density at radius 3 is 2.41 bits per heavy atom. The molecular formula is C14H22ClNO.